The Morgan fingerprint density at radius 3 is 2.60 bits per heavy atom. The predicted molar refractivity (Wildman–Crippen MR) is 77.9 cm³/mol. The Morgan fingerprint density at radius 1 is 1.20 bits per heavy atom. The number of hydrogen-bond acceptors (Lipinski definition) is 4. The van der Waals surface area contributed by atoms with E-state index in [0.29, 0.717) is 27.8 Å². The summed E-state index contributed by atoms with van der Waals surface area (Å²) >= 11 is 6.04. The van der Waals surface area contributed by atoms with E-state index in [4.69, 9.17) is 32.1 Å². The summed E-state index contributed by atoms with van der Waals surface area (Å²) in [6.07, 6.45) is 0. The largest absolute Gasteiger partial charge is 0.496 e. The lowest BCUT2D eigenvalue weighted by atomic mass is 10.1. The van der Waals surface area contributed by atoms with Crippen molar-refractivity contribution in [2.24, 2.45) is 0 Å². The van der Waals surface area contributed by atoms with Crippen molar-refractivity contribution in [3.8, 4) is 17.6 Å². The topological polar surface area (TPSA) is 68.3 Å². The van der Waals surface area contributed by atoms with Crippen LogP contribution in [0.1, 0.15) is 11.1 Å². The molecule has 4 nitrogen and oxygen atoms in total. The van der Waals surface area contributed by atoms with E-state index >= 15 is 0 Å². The predicted octanol–water partition coefficient (Wildman–Crippen LogP) is 3.38. The molecule has 0 fully saturated rings. The molecule has 0 saturated heterocycles. The molecule has 2 aromatic carbocycles. The third kappa shape index (κ3) is 3.14. The van der Waals surface area contributed by atoms with Crippen LogP contribution >= 0.6 is 11.6 Å². The van der Waals surface area contributed by atoms with Crippen molar-refractivity contribution >= 4 is 17.3 Å². The average Bonchev–Trinajstić information content (AvgIpc) is 2.46. The van der Waals surface area contributed by atoms with E-state index in [-0.39, 0.29) is 6.61 Å². The minimum Gasteiger partial charge on any atom is -0.496 e. The highest BCUT2D eigenvalue weighted by Crippen LogP contribution is 2.28. The molecular weight excluding hydrogens is 276 g/mol. The highest BCUT2D eigenvalue weighted by atomic mass is 35.5. The molecule has 20 heavy (non-hydrogen) atoms. The van der Waals surface area contributed by atoms with Gasteiger partial charge in [-0.15, -0.1) is 0 Å². The zero-order chi connectivity index (χ0) is 14.5. The van der Waals surface area contributed by atoms with Crippen LogP contribution in [-0.2, 0) is 6.61 Å². The van der Waals surface area contributed by atoms with Gasteiger partial charge in [-0.3, -0.25) is 0 Å². The molecule has 2 rings (SSSR count). The second-order valence-electron chi connectivity index (χ2n) is 4.12. The molecule has 2 N–H and O–H groups in total. The molecule has 0 bridgehead atoms. The fraction of sp³-hybridized carbons (Fsp3) is 0.133. The van der Waals surface area contributed by atoms with Crippen LogP contribution in [0.3, 0.4) is 0 Å². The van der Waals surface area contributed by atoms with Crippen molar-refractivity contribution in [1.29, 1.82) is 5.26 Å². The molecule has 0 spiro atoms. The van der Waals surface area contributed by atoms with Crippen LogP contribution in [0.25, 0.3) is 0 Å². The van der Waals surface area contributed by atoms with Crippen LogP contribution in [0.2, 0.25) is 5.02 Å². The van der Waals surface area contributed by atoms with E-state index in [1.165, 1.54) is 0 Å². The normalized spacial score (nSPS) is 9.85. The maximum atomic E-state index is 8.92. The molecule has 0 unspecified atom stereocenters. The number of nitrogens with two attached hydrogens (primary N) is 1. The first kappa shape index (κ1) is 14.0. The summed E-state index contributed by atoms with van der Waals surface area (Å²) in [4.78, 5) is 0. The smallest absolute Gasteiger partial charge is 0.138 e. The van der Waals surface area contributed by atoms with Crippen LogP contribution < -0.4 is 15.2 Å². The van der Waals surface area contributed by atoms with E-state index in [1.54, 1.807) is 43.5 Å². The number of nitriles is 1. The van der Waals surface area contributed by atoms with Gasteiger partial charge in [0.2, 0.25) is 0 Å². The van der Waals surface area contributed by atoms with Gasteiger partial charge in [0.25, 0.3) is 0 Å². The molecule has 0 heterocycles. The minimum atomic E-state index is 0.252. The summed E-state index contributed by atoms with van der Waals surface area (Å²) in [5.41, 5.74) is 7.52. The van der Waals surface area contributed by atoms with E-state index in [0.717, 1.165) is 5.56 Å². The van der Waals surface area contributed by atoms with E-state index < -0.39 is 0 Å². The number of anilines is 1. The lowest BCUT2D eigenvalue weighted by molar-refractivity contribution is 0.297. The maximum Gasteiger partial charge on any atom is 0.138 e. The number of nitrogens with zero attached hydrogens (tertiary/aromatic N) is 1. The van der Waals surface area contributed by atoms with Gasteiger partial charge in [0, 0.05) is 11.3 Å². The molecule has 0 saturated carbocycles. The quantitative estimate of drug-likeness (QED) is 0.876. The number of benzene rings is 2. The van der Waals surface area contributed by atoms with Crippen LogP contribution in [0, 0.1) is 11.3 Å². The molecule has 102 valence electrons. The van der Waals surface area contributed by atoms with Gasteiger partial charge in [-0.2, -0.15) is 5.26 Å². The van der Waals surface area contributed by atoms with Crippen molar-refractivity contribution in [2.45, 2.75) is 6.61 Å². The van der Waals surface area contributed by atoms with Gasteiger partial charge < -0.3 is 15.2 Å². The molecule has 0 aliphatic rings. The summed E-state index contributed by atoms with van der Waals surface area (Å²) in [5.74, 6) is 1.20. The molecule has 0 aliphatic heterocycles. The van der Waals surface area contributed by atoms with Gasteiger partial charge in [-0.1, -0.05) is 11.6 Å². The van der Waals surface area contributed by atoms with E-state index in [1.807, 2.05) is 0 Å². The number of rotatable bonds is 4. The number of halogens is 1. The van der Waals surface area contributed by atoms with Crippen molar-refractivity contribution in [2.75, 3.05) is 12.8 Å². The second kappa shape index (κ2) is 6.18. The van der Waals surface area contributed by atoms with Gasteiger partial charge in [0.05, 0.1) is 23.8 Å². The van der Waals surface area contributed by atoms with E-state index in [2.05, 4.69) is 6.07 Å². The summed E-state index contributed by atoms with van der Waals surface area (Å²) in [5, 5.41) is 9.36. The van der Waals surface area contributed by atoms with Crippen LogP contribution in [0.4, 0.5) is 5.69 Å². The summed E-state index contributed by atoms with van der Waals surface area (Å²) in [7, 11) is 1.57. The maximum absolute atomic E-state index is 8.92. The van der Waals surface area contributed by atoms with Gasteiger partial charge in [0.15, 0.2) is 0 Å². The third-order valence-electron chi connectivity index (χ3n) is 2.75. The Labute approximate surface area is 122 Å². The summed E-state index contributed by atoms with van der Waals surface area (Å²) < 4.78 is 10.9. The zero-order valence-electron chi connectivity index (χ0n) is 10.9. The standard InChI is InChI=1S/C15H13ClN2O2/c1-19-14-4-2-10(8-17)6-11(14)9-20-15-5-3-12(18)7-13(15)16/h2-7H,9,18H2,1H3. The fourth-order valence-corrected chi connectivity index (χ4v) is 1.99. The molecule has 2 aromatic rings. The lowest BCUT2D eigenvalue weighted by Gasteiger charge is -2.11. The first-order valence-corrected chi connectivity index (χ1v) is 6.26. The number of methoxy groups -OCH3 is 1. The number of hydrogen-bond donors (Lipinski definition) is 1. The summed E-state index contributed by atoms with van der Waals surface area (Å²) in [6, 6.07) is 12.3. The molecule has 0 amide bonds. The number of nitrogen functional groups attached to an aromatic ring is 1. The second-order valence-corrected chi connectivity index (χ2v) is 4.52. The Balaban J connectivity index is 2.20. The Morgan fingerprint density at radius 2 is 1.95 bits per heavy atom. The third-order valence-corrected chi connectivity index (χ3v) is 3.04. The van der Waals surface area contributed by atoms with Crippen LogP contribution in [-0.4, -0.2) is 7.11 Å². The molecule has 0 aromatic heterocycles. The first-order chi connectivity index (χ1) is 9.63. The highest BCUT2D eigenvalue weighted by molar-refractivity contribution is 6.32. The molecule has 5 heteroatoms. The van der Waals surface area contributed by atoms with Crippen LogP contribution in [0.15, 0.2) is 36.4 Å². The molecule has 0 radical (unpaired) electrons. The summed E-state index contributed by atoms with van der Waals surface area (Å²) in [6.45, 7) is 0.252. The molecule has 0 atom stereocenters. The average molecular weight is 289 g/mol. The Bertz CT molecular complexity index is 665. The zero-order valence-corrected chi connectivity index (χ0v) is 11.6. The van der Waals surface area contributed by atoms with Crippen molar-refractivity contribution < 1.29 is 9.47 Å². The van der Waals surface area contributed by atoms with Crippen molar-refractivity contribution in [1.82, 2.24) is 0 Å². The monoisotopic (exact) mass is 288 g/mol. The lowest BCUT2D eigenvalue weighted by Crippen LogP contribution is -2.00. The Kier molecular flexibility index (Phi) is 4.34. The highest BCUT2D eigenvalue weighted by Gasteiger charge is 2.07. The van der Waals surface area contributed by atoms with Gasteiger partial charge >= 0.3 is 0 Å². The SMILES string of the molecule is COc1ccc(C#N)cc1COc1ccc(N)cc1Cl. The first-order valence-electron chi connectivity index (χ1n) is 5.89. The van der Waals surface area contributed by atoms with Crippen molar-refractivity contribution in [3.63, 3.8) is 0 Å². The van der Waals surface area contributed by atoms with Gasteiger partial charge in [0.1, 0.15) is 18.1 Å². The van der Waals surface area contributed by atoms with E-state index in [9.17, 15) is 0 Å². The van der Waals surface area contributed by atoms with Gasteiger partial charge in [-0.05, 0) is 36.4 Å². The minimum absolute atomic E-state index is 0.252. The number of ether oxygens (including phenoxy) is 2. The Hall–Kier alpha value is -2.38. The van der Waals surface area contributed by atoms with Crippen molar-refractivity contribution in [3.05, 3.63) is 52.5 Å². The van der Waals surface area contributed by atoms with Crippen LogP contribution in [0.5, 0.6) is 11.5 Å². The molecule has 0 aliphatic carbocycles. The molecular formula is C15H13ClN2O2. The van der Waals surface area contributed by atoms with Gasteiger partial charge in [-0.25, -0.2) is 0 Å². The fourth-order valence-electron chi connectivity index (χ4n) is 1.75.